The summed E-state index contributed by atoms with van der Waals surface area (Å²) in [4.78, 5) is 6.72. The molecule has 3 rings (SSSR count). The third-order valence-electron chi connectivity index (χ3n) is 3.66. The summed E-state index contributed by atoms with van der Waals surface area (Å²) in [5.74, 6) is 0. The van der Waals surface area contributed by atoms with Crippen molar-refractivity contribution in [2.24, 2.45) is 0 Å². The third-order valence-corrected chi connectivity index (χ3v) is 5.51. The predicted octanol–water partition coefficient (Wildman–Crippen LogP) is 5.34. The van der Waals surface area contributed by atoms with E-state index in [1.165, 1.54) is 4.70 Å². The van der Waals surface area contributed by atoms with Crippen molar-refractivity contribution in [2.45, 2.75) is 13.0 Å². The van der Waals surface area contributed by atoms with Crippen molar-refractivity contribution in [3.63, 3.8) is 0 Å². The van der Waals surface area contributed by atoms with Crippen LogP contribution >= 0.6 is 35.2 Å². The number of thiocarbonyl (C=S) groups is 1. The summed E-state index contributed by atoms with van der Waals surface area (Å²) in [6.07, 6.45) is 0. The first-order valence-electron chi connectivity index (χ1n) is 7.19. The van der Waals surface area contributed by atoms with E-state index in [0.29, 0.717) is 10.1 Å². The maximum Gasteiger partial charge on any atom is 0.173 e. The van der Waals surface area contributed by atoms with Crippen LogP contribution in [0.2, 0.25) is 5.02 Å². The highest BCUT2D eigenvalue weighted by Gasteiger charge is 2.18. The Kier molecular flexibility index (Phi) is 4.80. The smallest absolute Gasteiger partial charge is 0.173 e. The fraction of sp³-hybridized carbons (Fsp3) is 0.176. The highest BCUT2D eigenvalue weighted by Crippen LogP contribution is 2.29. The number of halogens is 1. The highest BCUT2D eigenvalue weighted by molar-refractivity contribution is 7.80. The van der Waals surface area contributed by atoms with Crippen LogP contribution in [-0.4, -0.2) is 22.0 Å². The molecule has 1 N–H and O–H groups in total. The van der Waals surface area contributed by atoms with Gasteiger partial charge in [-0.1, -0.05) is 23.7 Å². The Hall–Kier alpha value is -1.69. The zero-order valence-corrected chi connectivity index (χ0v) is 15.2. The number of para-hydroxylation sites is 1. The Balaban J connectivity index is 1.74. The molecule has 1 aromatic heterocycles. The molecule has 0 saturated carbocycles. The molecule has 0 aliphatic rings. The van der Waals surface area contributed by atoms with Crippen LogP contribution in [0, 0.1) is 0 Å². The Morgan fingerprint density at radius 1 is 1.22 bits per heavy atom. The molecule has 6 heteroatoms. The average Bonchev–Trinajstić information content (AvgIpc) is 2.99. The minimum atomic E-state index is 0.0969. The summed E-state index contributed by atoms with van der Waals surface area (Å²) in [6, 6.07) is 15.8. The van der Waals surface area contributed by atoms with Crippen molar-refractivity contribution >= 4 is 56.2 Å². The van der Waals surface area contributed by atoms with Crippen LogP contribution in [-0.2, 0) is 0 Å². The number of fused-ring (bicyclic) bond motifs is 1. The Bertz CT molecular complexity index is 796. The number of nitrogens with zero attached hydrogens (tertiary/aromatic N) is 2. The van der Waals surface area contributed by atoms with E-state index in [1.807, 2.05) is 54.4 Å². The van der Waals surface area contributed by atoms with E-state index in [2.05, 4.69) is 18.3 Å². The van der Waals surface area contributed by atoms with Gasteiger partial charge in [0.1, 0.15) is 5.01 Å². The van der Waals surface area contributed by atoms with Crippen LogP contribution in [0.1, 0.15) is 18.0 Å². The summed E-state index contributed by atoms with van der Waals surface area (Å²) in [5, 5.41) is 5.64. The predicted molar refractivity (Wildman–Crippen MR) is 103 cm³/mol. The largest absolute Gasteiger partial charge is 0.343 e. The lowest BCUT2D eigenvalue weighted by Gasteiger charge is -2.26. The van der Waals surface area contributed by atoms with E-state index in [9.17, 15) is 0 Å². The quantitative estimate of drug-likeness (QED) is 0.637. The molecule has 1 heterocycles. The molecule has 0 aliphatic carbocycles. The van der Waals surface area contributed by atoms with Crippen LogP contribution < -0.4 is 5.32 Å². The Morgan fingerprint density at radius 3 is 2.61 bits per heavy atom. The van der Waals surface area contributed by atoms with Crippen molar-refractivity contribution in [2.75, 3.05) is 12.4 Å². The van der Waals surface area contributed by atoms with Crippen LogP contribution in [0.15, 0.2) is 48.5 Å². The Morgan fingerprint density at radius 2 is 1.91 bits per heavy atom. The molecule has 0 spiro atoms. The van der Waals surface area contributed by atoms with Gasteiger partial charge in [-0.15, -0.1) is 11.3 Å². The van der Waals surface area contributed by atoms with Gasteiger partial charge in [0.25, 0.3) is 0 Å². The summed E-state index contributed by atoms with van der Waals surface area (Å²) < 4.78 is 1.19. The van der Waals surface area contributed by atoms with Gasteiger partial charge in [0.05, 0.1) is 16.3 Å². The molecule has 0 saturated heterocycles. The van der Waals surface area contributed by atoms with Gasteiger partial charge in [-0.2, -0.15) is 0 Å². The number of hydrogen-bond acceptors (Lipinski definition) is 3. The standard InChI is InChI=1S/C17H16ClN3S2/c1-11(16-20-14-5-3-4-6-15(14)23-16)21(2)17(22)19-13-9-7-12(18)8-10-13/h3-11H,1-2H3,(H,19,22)/t11-/m0/s1. The van der Waals surface area contributed by atoms with Crippen LogP contribution in [0.4, 0.5) is 5.69 Å². The summed E-state index contributed by atoms with van der Waals surface area (Å²) in [5.41, 5.74) is 1.95. The maximum absolute atomic E-state index is 5.90. The summed E-state index contributed by atoms with van der Waals surface area (Å²) in [6.45, 7) is 2.10. The van der Waals surface area contributed by atoms with E-state index in [4.69, 9.17) is 28.8 Å². The van der Waals surface area contributed by atoms with Crippen molar-refractivity contribution < 1.29 is 0 Å². The maximum atomic E-state index is 5.90. The van der Waals surface area contributed by atoms with Crippen molar-refractivity contribution in [3.8, 4) is 0 Å². The number of aromatic nitrogens is 1. The monoisotopic (exact) mass is 361 g/mol. The fourth-order valence-corrected chi connectivity index (χ4v) is 3.62. The zero-order chi connectivity index (χ0) is 16.4. The minimum Gasteiger partial charge on any atom is -0.343 e. The fourth-order valence-electron chi connectivity index (χ4n) is 2.16. The molecule has 3 nitrogen and oxygen atoms in total. The first-order chi connectivity index (χ1) is 11.0. The van der Waals surface area contributed by atoms with Crippen molar-refractivity contribution in [3.05, 3.63) is 58.6 Å². The molecular formula is C17H16ClN3S2. The number of benzene rings is 2. The first kappa shape index (κ1) is 16.2. The first-order valence-corrected chi connectivity index (χ1v) is 8.80. The van der Waals surface area contributed by atoms with E-state index >= 15 is 0 Å². The molecule has 1 atom stereocenters. The lowest BCUT2D eigenvalue weighted by Crippen LogP contribution is -2.33. The number of nitrogens with one attached hydrogen (secondary N) is 1. The van der Waals surface area contributed by atoms with Crippen molar-refractivity contribution in [1.29, 1.82) is 0 Å². The van der Waals surface area contributed by atoms with Gasteiger partial charge in [0.15, 0.2) is 5.11 Å². The molecular weight excluding hydrogens is 346 g/mol. The van der Waals surface area contributed by atoms with Crippen LogP contribution in [0.25, 0.3) is 10.2 Å². The lowest BCUT2D eigenvalue weighted by molar-refractivity contribution is 0.407. The number of hydrogen-bond donors (Lipinski definition) is 1. The highest BCUT2D eigenvalue weighted by atomic mass is 35.5. The molecule has 0 amide bonds. The van der Waals surface area contributed by atoms with Gasteiger partial charge >= 0.3 is 0 Å². The molecule has 0 fully saturated rings. The molecule has 3 aromatic rings. The lowest BCUT2D eigenvalue weighted by atomic mass is 10.3. The van der Waals surface area contributed by atoms with Gasteiger partial charge in [-0.05, 0) is 55.5 Å². The minimum absolute atomic E-state index is 0.0969. The normalized spacial score (nSPS) is 12.1. The van der Waals surface area contributed by atoms with Gasteiger partial charge in [-0.25, -0.2) is 4.98 Å². The molecule has 23 heavy (non-hydrogen) atoms. The molecule has 0 unspecified atom stereocenters. The van der Waals surface area contributed by atoms with E-state index < -0.39 is 0 Å². The van der Waals surface area contributed by atoms with E-state index in [0.717, 1.165) is 16.2 Å². The van der Waals surface area contributed by atoms with E-state index in [-0.39, 0.29) is 6.04 Å². The average molecular weight is 362 g/mol. The molecule has 2 aromatic carbocycles. The second-order valence-corrected chi connectivity index (χ2v) is 7.13. The second kappa shape index (κ2) is 6.83. The van der Waals surface area contributed by atoms with Gasteiger partial charge < -0.3 is 10.2 Å². The van der Waals surface area contributed by atoms with E-state index in [1.54, 1.807) is 11.3 Å². The van der Waals surface area contributed by atoms with Gasteiger partial charge in [-0.3, -0.25) is 0 Å². The topological polar surface area (TPSA) is 28.2 Å². The molecule has 0 aliphatic heterocycles. The van der Waals surface area contributed by atoms with Crippen molar-refractivity contribution in [1.82, 2.24) is 9.88 Å². The number of anilines is 1. The van der Waals surface area contributed by atoms with Crippen LogP contribution in [0.3, 0.4) is 0 Å². The number of rotatable bonds is 3. The SMILES string of the molecule is C[C@@H](c1nc2ccccc2s1)N(C)C(=S)Nc1ccc(Cl)cc1. The Labute approximate surface area is 149 Å². The van der Waals surface area contributed by atoms with Gasteiger partial charge in [0.2, 0.25) is 0 Å². The summed E-state index contributed by atoms with van der Waals surface area (Å²) in [7, 11) is 1.97. The number of thiazole rings is 1. The molecule has 118 valence electrons. The zero-order valence-electron chi connectivity index (χ0n) is 12.8. The van der Waals surface area contributed by atoms with Crippen LogP contribution in [0.5, 0.6) is 0 Å². The molecule has 0 radical (unpaired) electrons. The summed E-state index contributed by atoms with van der Waals surface area (Å²) >= 11 is 13.1. The van der Waals surface area contributed by atoms with Gasteiger partial charge in [0, 0.05) is 17.8 Å². The third kappa shape index (κ3) is 3.63. The second-order valence-electron chi connectivity index (χ2n) is 5.24. The molecule has 0 bridgehead atoms.